The molecule has 0 radical (unpaired) electrons. The maximum absolute atomic E-state index is 12.2. The smallest absolute Gasteiger partial charge is 0.221 e. The fraction of sp³-hybridized carbons (Fsp3) is 0.875. The quantitative estimate of drug-likeness (QED) is 0.789. The number of amides is 1. The highest BCUT2D eigenvalue weighted by atomic mass is 16.1. The summed E-state index contributed by atoms with van der Waals surface area (Å²) in [5.74, 6) is 0.650. The van der Waals surface area contributed by atoms with Gasteiger partial charge in [-0.05, 0) is 31.6 Å². The third-order valence-corrected chi connectivity index (χ3v) is 4.75. The molecule has 2 aliphatic carbocycles. The van der Waals surface area contributed by atoms with Crippen LogP contribution < -0.4 is 5.32 Å². The molecule has 19 heavy (non-hydrogen) atoms. The van der Waals surface area contributed by atoms with Gasteiger partial charge in [-0.2, -0.15) is 5.26 Å². The fourth-order valence-electron chi connectivity index (χ4n) is 3.57. The van der Waals surface area contributed by atoms with E-state index in [2.05, 4.69) is 11.4 Å². The van der Waals surface area contributed by atoms with Crippen LogP contribution in [-0.2, 0) is 4.79 Å². The highest BCUT2D eigenvalue weighted by Crippen LogP contribution is 2.29. The van der Waals surface area contributed by atoms with E-state index < -0.39 is 5.54 Å². The standard InChI is InChI=1S/C16H26N2O/c17-13-16(10-6-3-7-11-16)18-15(19)12-14-8-4-1-2-5-9-14/h14H,1-12H2,(H,18,19). The van der Waals surface area contributed by atoms with Crippen LogP contribution in [0.2, 0.25) is 0 Å². The molecule has 2 fully saturated rings. The summed E-state index contributed by atoms with van der Waals surface area (Å²) in [6, 6.07) is 2.37. The van der Waals surface area contributed by atoms with Gasteiger partial charge in [-0.15, -0.1) is 0 Å². The molecule has 0 aromatic rings. The molecule has 1 amide bonds. The lowest BCUT2D eigenvalue weighted by molar-refractivity contribution is -0.123. The van der Waals surface area contributed by atoms with Gasteiger partial charge in [-0.1, -0.05) is 44.9 Å². The van der Waals surface area contributed by atoms with Gasteiger partial charge in [0.05, 0.1) is 6.07 Å². The molecule has 2 aliphatic rings. The zero-order valence-electron chi connectivity index (χ0n) is 11.9. The van der Waals surface area contributed by atoms with Crippen LogP contribution in [0, 0.1) is 17.2 Å². The third kappa shape index (κ3) is 4.23. The largest absolute Gasteiger partial charge is 0.338 e. The highest BCUT2D eigenvalue weighted by Gasteiger charge is 2.33. The Morgan fingerprint density at radius 3 is 2.21 bits per heavy atom. The minimum atomic E-state index is -0.555. The van der Waals surface area contributed by atoms with Crippen molar-refractivity contribution >= 4 is 5.91 Å². The van der Waals surface area contributed by atoms with E-state index in [9.17, 15) is 10.1 Å². The molecule has 0 unspecified atom stereocenters. The zero-order chi connectivity index (χ0) is 13.6. The number of nitrogens with one attached hydrogen (secondary N) is 1. The van der Waals surface area contributed by atoms with Crippen molar-refractivity contribution in [3.05, 3.63) is 0 Å². The maximum atomic E-state index is 12.2. The van der Waals surface area contributed by atoms with Crippen LogP contribution >= 0.6 is 0 Å². The van der Waals surface area contributed by atoms with Crippen LogP contribution in [0.4, 0.5) is 0 Å². The number of hydrogen-bond donors (Lipinski definition) is 1. The van der Waals surface area contributed by atoms with Gasteiger partial charge < -0.3 is 5.32 Å². The van der Waals surface area contributed by atoms with Gasteiger partial charge in [0, 0.05) is 6.42 Å². The zero-order valence-corrected chi connectivity index (χ0v) is 11.9. The fourth-order valence-corrected chi connectivity index (χ4v) is 3.57. The number of nitriles is 1. The third-order valence-electron chi connectivity index (χ3n) is 4.75. The summed E-state index contributed by atoms with van der Waals surface area (Å²) in [7, 11) is 0. The van der Waals surface area contributed by atoms with E-state index in [1.54, 1.807) is 0 Å². The van der Waals surface area contributed by atoms with Crippen molar-refractivity contribution in [1.29, 1.82) is 5.26 Å². The number of carbonyl (C=O) groups excluding carboxylic acids is 1. The minimum Gasteiger partial charge on any atom is -0.338 e. The summed E-state index contributed by atoms with van der Waals surface area (Å²) in [6.07, 6.45) is 13.2. The van der Waals surface area contributed by atoms with Gasteiger partial charge in [0.25, 0.3) is 0 Å². The lowest BCUT2D eigenvalue weighted by atomic mass is 9.82. The van der Waals surface area contributed by atoms with Crippen LogP contribution in [0.25, 0.3) is 0 Å². The van der Waals surface area contributed by atoms with Gasteiger partial charge in [0.15, 0.2) is 0 Å². The number of rotatable bonds is 3. The Morgan fingerprint density at radius 1 is 1.05 bits per heavy atom. The SMILES string of the molecule is N#CC1(NC(=O)CC2CCCCCC2)CCCCC1. The molecule has 0 atom stereocenters. The maximum Gasteiger partial charge on any atom is 0.221 e. The van der Waals surface area contributed by atoms with Crippen molar-refractivity contribution < 1.29 is 4.79 Å². The predicted molar refractivity (Wildman–Crippen MR) is 75.4 cm³/mol. The summed E-state index contributed by atoms with van der Waals surface area (Å²) in [6.45, 7) is 0. The Morgan fingerprint density at radius 2 is 1.63 bits per heavy atom. The molecule has 0 aromatic carbocycles. The highest BCUT2D eigenvalue weighted by molar-refractivity contribution is 5.77. The first kappa shape index (κ1) is 14.4. The van der Waals surface area contributed by atoms with E-state index in [1.165, 1.54) is 44.9 Å². The minimum absolute atomic E-state index is 0.107. The summed E-state index contributed by atoms with van der Waals surface area (Å²) in [5, 5.41) is 12.4. The Kier molecular flexibility index (Phi) is 5.24. The Bertz CT molecular complexity index is 331. The van der Waals surface area contributed by atoms with Gasteiger partial charge in [0.1, 0.15) is 5.54 Å². The van der Waals surface area contributed by atoms with E-state index >= 15 is 0 Å². The molecule has 0 heterocycles. The van der Waals surface area contributed by atoms with Gasteiger partial charge in [-0.3, -0.25) is 4.79 Å². The van der Waals surface area contributed by atoms with Gasteiger partial charge in [-0.25, -0.2) is 0 Å². The molecule has 0 saturated heterocycles. The molecule has 3 nitrogen and oxygen atoms in total. The summed E-state index contributed by atoms with van der Waals surface area (Å²) < 4.78 is 0. The van der Waals surface area contributed by atoms with E-state index in [0.29, 0.717) is 12.3 Å². The van der Waals surface area contributed by atoms with Crippen LogP contribution in [0.15, 0.2) is 0 Å². The first-order valence-electron chi connectivity index (χ1n) is 7.96. The molecule has 1 N–H and O–H groups in total. The van der Waals surface area contributed by atoms with Crippen LogP contribution in [0.1, 0.15) is 77.0 Å². The first-order chi connectivity index (χ1) is 9.24. The van der Waals surface area contributed by atoms with Gasteiger partial charge in [0.2, 0.25) is 5.91 Å². The average molecular weight is 262 g/mol. The van der Waals surface area contributed by atoms with Crippen molar-refractivity contribution in [3.8, 4) is 6.07 Å². The Hall–Kier alpha value is -1.04. The number of carbonyl (C=O) groups is 1. The molecule has 0 aromatic heterocycles. The van der Waals surface area contributed by atoms with E-state index in [4.69, 9.17) is 0 Å². The molecule has 3 heteroatoms. The van der Waals surface area contributed by atoms with Crippen molar-refractivity contribution in [2.45, 2.75) is 82.6 Å². The van der Waals surface area contributed by atoms with Crippen LogP contribution in [0.5, 0.6) is 0 Å². The van der Waals surface area contributed by atoms with Crippen molar-refractivity contribution in [2.24, 2.45) is 5.92 Å². The van der Waals surface area contributed by atoms with E-state index in [1.807, 2.05) is 0 Å². The van der Waals surface area contributed by atoms with Crippen molar-refractivity contribution in [3.63, 3.8) is 0 Å². The Labute approximate surface area is 116 Å². The monoisotopic (exact) mass is 262 g/mol. The lowest BCUT2D eigenvalue weighted by Gasteiger charge is -2.32. The molecular formula is C16H26N2O. The van der Waals surface area contributed by atoms with Crippen molar-refractivity contribution in [1.82, 2.24) is 5.32 Å². The molecular weight excluding hydrogens is 236 g/mol. The predicted octanol–water partition coefficient (Wildman–Crippen LogP) is 3.69. The van der Waals surface area contributed by atoms with Crippen LogP contribution in [-0.4, -0.2) is 11.4 Å². The molecule has 106 valence electrons. The second-order valence-corrected chi connectivity index (χ2v) is 6.36. The average Bonchev–Trinajstić information content (AvgIpc) is 2.68. The number of hydrogen-bond acceptors (Lipinski definition) is 2. The Balaban J connectivity index is 1.83. The molecule has 0 spiro atoms. The molecule has 2 rings (SSSR count). The first-order valence-corrected chi connectivity index (χ1v) is 7.96. The molecule has 0 bridgehead atoms. The topological polar surface area (TPSA) is 52.9 Å². The lowest BCUT2D eigenvalue weighted by Crippen LogP contribution is -2.49. The molecule has 2 saturated carbocycles. The van der Waals surface area contributed by atoms with Crippen LogP contribution in [0.3, 0.4) is 0 Å². The van der Waals surface area contributed by atoms with Crippen molar-refractivity contribution in [2.75, 3.05) is 0 Å². The summed E-state index contributed by atoms with van der Waals surface area (Å²) in [5.41, 5.74) is -0.555. The van der Waals surface area contributed by atoms with E-state index in [-0.39, 0.29) is 5.91 Å². The summed E-state index contributed by atoms with van der Waals surface area (Å²) in [4.78, 5) is 12.2. The second kappa shape index (κ2) is 6.93. The van der Waals surface area contributed by atoms with Gasteiger partial charge >= 0.3 is 0 Å². The molecule has 0 aliphatic heterocycles. The van der Waals surface area contributed by atoms with E-state index in [0.717, 1.165) is 25.7 Å². The normalized spacial score (nSPS) is 24.2. The number of nitrogens with zero attached hydrogens (tertiary/aromatic N) is 1. The summed E-state index contributed by atoms with van der Waals surface area (Å²) >= 11 is 0. The second-order valence-electron chi connectivity index (χ2n) is 6.36.